The maximum Gasteiger partial charge on any atom is 0.255 e. The highest BCUT2D eigenvalue weighted by Gasteiger charge is 2.23. The van der Waals surface area contributed by atoms with Crippen LogP contribution in [0.25, 0.3) is 0 Å². The van der Waals surface area contributed by atoms with E-state index in [1.54, 1.807) is 24.3 Å². The second kappa shape index (κ2) is 8.89. The Hall–Kier alpha value is -2.86. The fourth-order valence-corrected chi connectivity index (χ4v) is 3.66. The van der Waals surface area contributed by atoms with Crippen molar-refractivity contribution >= 4 is 23.2 Å². The standard InChI is InChI=1S/C22H24N2O3S/c1-14(2)16-6-8-17(9-7-16)20(19-5-4-12-28-19)24-21(25)15(3)23-22(26)18-10-11-27-13-18/h4-15,20H,1-3H3,(H,23,26)(H,24,25). The minimum atomic E-state index is -0.681. The van der Waals surface area contributed by atoms with Gasteiger partial charge in [0.1, 0.15) is 12.3 Å². The molecule has 5 nitrogen and oxygen atoms in total. The molecule has 0 spiro atoms. The number of rotatable bonds is 7. The van der Waals surface area contributed by atoms with Crippen LogP contribution in [0, 0.1) is 0 Å². The number of furan rings is 1. The molecule has 2 heterocycles. The van der Waals surface area contributed by atoms with E-state index in [-0.39, 0.29) is 17.9 Å². The maximum atomic E-state index is 12.8. The van der Waals surface area contributed by atoms with E-state index in [4.69, 9.17) is 4.42 Å². The van der Waals surface area contributed by atoms with Gasteiger partial charge in [0, 0.05) is 4.88 Å². The molecular formula is C22H24N2O3S. The van der Waals surface area contributed by atoms with Crippen LogP contribution in [0.15, 0.2) is 64.8 Å². The summed E-state index contributed by atoms with van der Waals surface area (Å²) in [7, 11) is 0. The molecule has 2 aromatic heterocycles. The van der Waals surface area contributed by atoms with E-state index in [1.807, 2.05) is 17.5 Å². The number of carbonyl (C=O) groups is 2. The Labute approximate surface area is 168 Å². The number of nitrogens with one attached hydrogen (secondary N) is 2. The van der Waals surface area contributed by atoms with Crippen molar-refractivity contribution < 1.29 is 14.0 Å². The predicted octanol–water partition coefficient (Wildman–Crippen LogP) is 4.49. The maximum absolute atomic E-state index is 12.8. The third-order valence-electron chi connectivity index (χ3n) is 4.58. The molecule has 2 unspecified atom stereocenters. The van der Waals surface area contributed by atoms with E-state index in [2.05, 4.69) is 48.7 Å². The monoisotopic (exact) mass is 396 g/mol. The molecule has 1 aromatic carbocycles. The highest BCUT2D eigenvalue weighted by Crippen LogP contribution is 2.27. The summed E-state index contributed by atoms with van der Waals surface area (Å²) in [4.78, 5) is 26.0. The fourth-order valence-electron chi connectivity index (χ4n) is 2.85. The van der Waals surface area contributed by atoms with Gasteiger partial charge < -0.3 is 15.1 Å². The van der Waals surface area contributed by atoms with Gasteiger partial charge in [-0.25, -0.2) is 0 Å². The molecule has 0 aliphatic rings. The van der Waals surface area contributed by atoms with Crippen molar-refractivity contribution in [3.63, 3.8) is 0 Å². The summed E-state index contributed by atoms with van der Waals surface area (Å²) in [6.07, 6.45) is 2.78. The Kier molecular flexibility index (Phi) is 6.31. The third-order valence-corrected chi connectivity index (χ3v) is 5.51. The number of amides is 2. The predicted molar refractivity (Wildman–Crippen MR) is 110 cm³/mol. The summed E-state index contributed by atoms with van der Waals surface area (Å²) < 4.78 is 4.92. The Morgan fingerprint density at radius 1 is 0.964 bits per heavy atom. The van der Waals surface area contributed by atoms with Crippen LogP contribution in [-0.2, 0) is 4.79 Å². The molecule has 0 saturated carbocycles. The van der Waals surface area contributed by atoms with Gasteiger partial charge in [0.25, 0.3) is 5.91 Å². The minimum absolute atomic E-state index is 0.247. The van der Waals surface area contributed by atoms with E-state index >= 15 is 0 Å². The molecule has 6 heteroatoms. The number of carbonyl (C=O) groups excluding carboxylic acids is 2. The lowest BCUT2D eigenvalue weighted by Gasteiger charge is -2.22. The van der Waals surface area contributed by atoms with Crippen LogP contribution >= 0.6 is 11.3 Å². The van der Waals surface area contributed by atoms with E-state index in [9.17, 15) is 9.59 Å². The third kappa shape index (κ3) is 4.70. The smallest absolute Gasteiger partial charge is 0.255 e. The van der Waals surface area contributed by atoms with Gasteiger partial charge in [0.15, 0.2) is 0 Å². The largest absolute Gasteiger partial charge is 0.472 e. The van der Waals surface area contributed by atoms with Crippen LogP contribution in [0.2, 0.25) is 0 Å². The average Bonchev–Trinajstić information content (AvgIpc) is 3.39. The summed E-state index contributed by atoms with van der Waals surface area (Å²) in [5, 5.41) is 7.76. The summed E-state index contributed by atoms with van der Waals surface area (Å²) >= 11 is 1.59. The molecule has 28 heavy (non-hydrogen) atoms. The quantitative estimate of drug-likeness (QED) is 0.618. The van der Waals surface area contributed by atoms with Crippen molar-refractivity contribution in [2.45, 2.75) is 38.8 Å². The zero-order chi connectivity index (χ0) is 20.1. The zero-order valence-corrected chi connectivity index (χ0v) is 17.0. The highest BCUT2D eigenvalue weighted by atomic mass is 32.1. The van der Waals surface area contributed by atoms with Crippen LogP contribution < -0.4 is 10.6 Å². The first-order valence-corrected chi connectivity index (χ1v) is 10.1. The van der Waals surface area contributed by atoms with Crippen molar-refractivity contribution in [1.82, 2.24) is 10.6 Å². The van der Waals surface area contributed by atoms with Crippen LogP contribution in [0.4, 0.5) is 0 Å². The lowest BCUT2D eigenvalue weighted by atomic mass is 9.98. The number of hydrogen-bond donors (Lipinski definition) is 2. The lowest BCUT2D eigenvalue weighted by molar-refractivity contribution is -0.123. The van der Waals surface area contributed by atoms with Gasteiger partial charge in [-0.15, -0.1) is 11.3 Å². The molecule has 2 atom stereocenters. The van der Waals surface area contributed by atoms with Gasteiger partial charge in [-0.3, -0.25) is 9.59 Å². The van der Waals surface area contributed by atoms with Crippen molar-refractivity contribution in [3.05, 3.63) is 81.9 Å². The molecule has 0 fully saturated rings. The van der Waals surface area contributed by atoms with Crippen LogP contribution in [0.5, 0.6) is 0 Å². The number of thiophene rings is 1. The molecule has 0 saturated heterocycles. The highest BCUT2D eigenvalue weighted by molar-refractivity contribution is 7.10. The Morgan fingerprint density at radius 3 is 2.25 bits per heavy atom. The van der Waals surface area contributed by atoms with Gasteiger partial charge in [-0.2, -0.15) is 0 Å². The molecular weight excluding hydrogens is 372 g/mol. The minimum Gasteiger partial charge on any atom is -0.472 e. The summed E-state index contributed by atoms with van der Waals surface area (Å²) in [5.41, 5.74) is 2.65. The lowest BCUT2D eigenvalue weighted by Crippen LogP contribution is -2.45. The Balaban J connectivity index is 1.74. The van der Waals surface area contributed by atoms with E-state index in [1.165, 1.54) is 18.1 Å². The van der Waals surface area contributed by atoms with Crippen molar-refractivity contribution in [3.8, 4) is 0 Å². The zero-order valence-electron chi connectivity index (χ0n) is 16.1. The summed E-state index contributed by atoms with van der Waals surface area (Å²) in [6.45, 7) is 5.97. The number of hydrogen-bond acceptors (Lipinski definition) is 4. The van der Waals surface area contributed by atoms with Crippen LogP contribution in [-0.4, -0.2) is 17.9 Å². The SMILES string of the molecule is CC(NC(=O)c1ccoc1)C(=O)NC(c1ccc(C(C)C)cc1)c1cccs1. The van der Waals surface area contributed by atoms with Gasteiger partial charge in [0.05, 0.1) is 17.9 Å². The van der Waals surface area contributed by atoms with E-state index in [0.29, 0.717) is 11.5 Å². The van der Waals surface area contributed by atoms with Crippen molar-refractivity contribution in [2.24, 2.45) is 0 Å². The first kappa shape index (κ1) is 19.9. The van der Waals surface area contributed by atoms with Crippen LogP contribution in [0.3, 0.4) is 0 Å². The Bertz CT molecular complexity index is 900. The second-order valence-corrected chi connectivity index (χ2v) is 7.96. The first-order valence-electron chi connectivity index (χ1n) is 9.22. The molecule has 0 aliphatic carbocycles. The van der Waals surface area contributed by atoms with Gasteiger partial charge >= 0.3 is 0 Å². The van der Waals surface area contributed by atoms with E-state index in [0.717, 1.165) is 10.4 Å². The Morgan fingerprint density at radius 2 is 1.68 bits per heavy atom. The molecule has 0 radical (unpaired) electrons. The molecule has 0 bridgehead atoms. The topological polar surface area (TPSA) is 71.3 Å². The summed E-state index contributed by atoms with van der Waals surface area (Å²) in [6, 6.07) is 12.9. The normalized spacial score (nSPS) is 13.1. The van der Waals surface area contributed by atoms with Crippen molar-refractivity contribution in [2.75, 3.05) is 0 Å². The molecule has 2 amide bonds. The fraction of sp³-hybridized carbons (Fsp3) is 0.273. The van der Waals surface area contributed by atoms with Crippen LogP contribution in [0.1, 0.15) is 59.1 Å². The van der Waals surface area contributed by atoms with E-state index < -0.39 is 6.04 Å². The van der Waals surface area contributed by atoms with Gasteiger partial charge in [0.2, 0.25) is 5.91 Å². The first-order chi connectivity index (χ1) is 13.5. The molecule has 0 aliphatic heterocycles. The number of benzene rings is 1. The molecule has 146 valence electrons. The van der Waals surface area contributed by atoms with Gasteiger partial charge in [-0.1, -0.05) is 44.2 Å². The molecule has 3 aromatic rings. The molecule has 2 N–H and O–H groups in total. The van der Waals surface area contributed by atoms with Gasteiger partial charge in [-0.05, 0) is 41.5 Å². The summed E-state index contributed by atoms with van der Waals surface area (Å²) in [5.74, 6) is -0.143. The van der Waals surface area contributed by atoms with Crippen molar-refractivity contribution in [1.29, 1.82) is 0 Å². The second-order valence-electron chi connectivity index (χ2n) is 6.99. The molecule has 3 rings (SSSR count). The average molecular weight is 397 g/mol.